The summed E-state index contributed by atoms with van der Waals surface area (Å²) in [5.74, 6) is -0.543. The molecule has 0 radical (unpaired) electrons. The van der Waals surface area contributed by atoms with E-state index in [1.165, 1.54) is 0 Å². The molecule has 0 aliphatic carbocycles. The summed E-state index contributed by atoms with van der Waals surface area (Å²) in [6, 6.07) is -0.463. The van der Waals surface area contributed by atoms with E-state index in [2.05, 4.69) is 10.6 Å². The van der Waals surface area contributed by atoms with Gasteiger partial charge in [-0.1, -0.05) is 13.8 Å². The molecule has 4 N–H and O–H groups in total. The molecule has 2 rings (SSSR count). The Kier molecular flexibility index (Phi) is 4.78. The van der Waals surface area contributed by atoms with E-state index in [9.17, 15) is 4.79 Å². The number of rotatable bonds is 3. The minimum atomic E-state index is -0.573. The second-order valence-corrected chi connectivity index (χ2v) is 5.77. The molecule has 110 valence electrons. The van der Waals surface area contributed by atoms with Crippen molar-refractivity contribution in [3.63, 3.8) is 0 Å². The smallest absolute Gasteiger partial charge is 0.237 e. The van der Waals surface area contributed by atoms with Crippen molar-refractivity contribution < 1.29 is 14.3 Å². The predicted molar refractivity (Wildman–Crippen MR) is 71.5 cm³/mol. The largest absolute Gasteiger partial charge is 0.351 e. The Balaban J connectivity index is 1.89. The van der Waals surface area contributed by atoms with Crippen molar-refractivity contribution in [3.05, 3.63) is 0 Å². The number of piperidine rings is 1. The van der Waals surface area contributed by atoms with Crippen molar-refractivity contribution in [2.45, 2.75) is 44.6 Å². The van der Waals surface area contributed by atoms with Crippen molar-refractivity contribution in [2.24, 2.45) is 11.7 Å². The lowest BCUT2D eigenvalue weighted by atomic mass is 9.98. The first kappa shape index (κ1) is 14.7. The van der Waals surface area contributed by atoms with Gasteiger partial charge in [0.2, 0.25) is 5.91 Å². The van der Waals surface area contributed by atoms with Gasteiger partial charge in [-0.25, -0.2) is 0 Å². The van der Waals surface area contributed by atoms with Gasteiger partial charge in [0.1, 0.15) is 0 Å². The lowest BCUT2D eigenvalue weighted by Gasteiger charge is -2.43. The van der Waals surface area contributed by atoms with E-state index in [1.807, 2.05) is 13.8 Å². The molecule has 0 aromatic heterocycles. The zero-order chi connectivity index (χ0) is 13.9. The lowest BCUT2D eigenvalue weighted by Crippen LogP contribution is -2.61. The van der Waals surface area contributed by atoms with Gasteiger partial charge in [-0.2, -0.15) is 0 Å². The van der Waals surface area contributed by atoms with Crippen LogP contribution in [0.3, 0.4) is 0 Å². The Morgan fingerprint density at radius 2 is 2.11 bits per heavy atom. The number of carbonyl (C=O) groups is 1. The summed E-state index contributed by atoms with van der Waals surface area (Å²) >= 11 is 0. The fourth-order valence-corrected chi connectivity index (χ4v) is 2.50. The Morgan fingerprint density at radius 1 is 1.42 bits per heavy atom. The Bertz CT molecular complexity index is 311. The van der Waals surface area contributed by atoms with Gasteiger partial charge in [0.15, 0.2) is 5.79 Å². The Labute approximate surface area is 114 Å². The van der Waals surface area contributed by atoms with Gasteiger partial charge in [-0.3, -0.25) is 4.79 Å². The van der Waals surface area contributed by atoms with E-state index >= 15 is 0 Å². The molecule has 0 saturated carbocycles. The summed E-state index contributed by atoms with van der Waals surface area (Å²) in [5.41, 5.74) is 5.85. The van der Waals surface area contributed by atoms with Crippen molar-refractivity contribution >= 4 is 5.91 Å². The van der Waals surface area contributed by atoms with Crippen LogP contribution in [0.4, 0.5) is 0 Å². The maximum atomic E-state index is 12.0. The predicted octanol–water partition coefficient (Wildman–Crippen LogP) is -0.419. The number of hydrogen-bond acceptors (Lipinski definition) is 5. The monoisotopic (exact) mass is 271 g/mol. The molecule has 0 aromatic rings. The van der Waals surface area contributed by atoms with E-state index in [0.717, 1.165) is 13.0 Å². The molecule has 1 spiro atoms. The van der Waals surface area contributed by atoms with Crippen LogP contribution in [0.1, 0.15) is 26.7 Å². The van der Waals surface area contributed by atoms with Gasteiger partial charge in [0.05, 0.1) is 19.3 Å². The highest BCUT2D eigenvalue weighted by Gasteiger charge is 2.40. The molecule has 2 aliphatic heterocycles. The van der Waals surface area contributed by atoms with Crippen LogP contribution >= 0.6 is 0 Å². The van der Waals surface area contributed by atoms with Crippen LogP contribution in [0.25, 0.3) is 0 Å². The van der Waals surface area contributed by atoms with Crippen LogP contribution in [-0.2, 0) is 14.3 Å². The molecule has 2 atom stereocenters. The third kappa shape index (κ3) is 3.66. The average molecular weight is 271 g/mol. The second-order valence-electron chi connectivity index (χ2n) is 5.77. The Morgan fingerprint density at radius 3 is 2.74 bits per heavy atom. The number of hydrogen-bond donors (Lipinski definition) is 3. The molecule has 19 heavy (non-hydrogen) atoms. The standard InChI is InChI=1S/C13H25N3O3/c1-9(2)11(14)12(17)16-10-6-13(8-15-7-10)18-4-3-5-19-13/h9-11,15H,3-8,14H2,1-2H3,(H,16,17)/t10?,11-/m0/s1. The third-order valence-corrected chi connectivity index (χ3v) is 3.73. The van der Waals surface area contributed by atoms with Gasteiger partial charge in [0, 0.05) is 25.6 Å². The number of amides is 1. The van der Waals surface area contributed by atoms with Gasteiger partial charge < -0.3 is 25.8 Å². The molecule has 6 heteroatoms. The maximum absolute atomic E-state index is 12.0. The van der Waals surface area contributed by atoms with Crippen LogP contribution in [0.15, 0.2) is 0 Å². The van der Waals surface area contributed by atoms with Crippen molar-refractivity contribution in [1.82, 2.24) is 10.6 Å². The molecular formula is C13H25N3O3. The van der Waals surface area contributed by atoms with Crippen LogP contribution in [0.5, 0.6) is 0 Å². The molecule has 2 saturated heterocycles. The van der Waals surface area contributed by atoms with E-state index in [4.69, 9.17) is 15.2 Å². The first-order chi connectivity index (χ1) is 9.02. The molecule has 2 aliphatic rings. The second kappa shape index (κ2) is 6.17. The van der Waals surface area contributed by atoms with Crippen molar-refractivity contribution in [3.8, 4) is 0 Å². The summed E-state index contributed by atoms with van der Waals surface area (Å²) in [5, 5.41) is 6.25. The summed E-state index contributed by atoms with van der Waals surface area (Å²) in [7, 11) is 0. The Hall–Kier alpha value is -0.690. The summed E-state index contributed by atoms with van der Waals surface area (Å²) < 4.78 is 11.5. The molecule has 1 amide bonds. The van der Waals surface area contributed by atoms with Crippen molar-refractivity contribution in [2.75, 3.05) is 26.3 Å². The zero-order valence-electron chi connectivity index (χ0n) is 11.8. The minimum absolute atomic E-state index is 0.00384. The summed E-state index contributed by atoms with van der Waals surface area (Å²) in [6.45, 7) is 6.72. The molecule has 0 aromatic carbocycles. The summed E-state index contributed by atoms with van der Waals surface area (Å²) in [6.07, 6.45) is 1.60. The van der Waals surface area contributed by atoms with E-state index in [0.29, 0.717) is 26.2 Å². The van der Waals surface area contributed by atoms with Gasteiger partial charge in [-0.15, -0.1) is 0 Å². The van der Waals surface area contributed by atoms with Crippen LogP contribution in [-0.4, -0.2) is 50.1 Å². The topological polar surface area (TPSA) is 85.6 Å². The quantitative estimate of drug-likeness (QED) is 0.649. The van der Waals surface area contributed by atoms with Gasteiger partial charge in [-0.05, 0) is 12.3 Å². The molecule has 6 nitrogen and oxygen atoms in total. The minimum Gasteiger partial charge on any atom is -0.351 e. The molecule has 2 fully saturated rings. The van der Waals surface area contributed by atoms with Gasteiger partial charge >= 0.3 is 0 Å². The fraction of sp³-hybridized carbons (Fsp3) is 0.923. The van der Waals surface area contributed by atoms with Crippen LogP contribution in [0.2, 0.25) is 0 Å². The highest BCUT2D eigenvalue weighted by molar-refractivity contribution is 5.82. The van der Waals surface area contributed by atoms with Gasteiger partial charge in [0.25, 0.3) is 0 Å². The first-order valence-electron chi connectivity index (χ1n) is 7.07. The average Bonchev–Trinajstić information content (AvgIpc) is 2.38. The van der Waals surface area contributed by atoms with E-state index in [-0.39, 0.29) is 17.9 Å². The molecule has 1 unspecified atom stereocenters. The number of nitrogens with one attached hydrogen (secondary N) is 2. The summed E-state index contributed by atoms with van der Waals surface area (Å²) in [4.78, 5) is 12.0. The first-order valence-corrected chi connectivity index (χ1v) is 7.07. The highest BCUT2D eigenvalue weighted by Crippen LogP contribution is 2.26. The van der Waals surface area contributed by atoms with E-state index < -0.39 is 11.8 Å². The van der Waals surface area contributed by atoms with Crippen LogP contribution < -0.4 is 16.4 Å². The van der Waals surface area contributed by atoms with Crippen molar-refractivity contribution in [1.29, 1.82) is 0 Å². The normalized spacial score (nSPS) is 28.3. The number of carbonyl (C=O) groups excluding carboxylic acids is 1. The highest BCUT2D eigenvalue weighted by atomic mass is 16.7. The fourth-order valence-electron chi connectivity index (χ4n) is 2.50. The number of ether oxygens (including phenoxy) is 2. The molecular weight excluding hydrogens is 246 g/mol. The lowest BCUT2D eigenvalue weighted by molar-refractivity contribution is -0.274. The number of nitrogens with two attached hydrogens (primary N) is 1. The zero-order valence-corrected chi connectivity index (χ0v) is 11.8. The van der Waals surface area contributed by atoms with Crippen LogP contribution in [0, 0.1) is 5.92 Å². The molecule has 0 bridgehead atoms. The van der Waals surface area contributed by atoms with E-state index in [1.54, 1.807) is 0 Å². The maximum Gasteiger partial charge on any atom is 0.237 e. The molecule has 2 heterocycles. The SMILES string of the molecule is CC(C)[C@H](N)C(=O)NC1CNCC2(C1)OCCCO2. The third-order valence-electron chi connectivity index (χ3n) is 3.73.